The number of fused-ring (bicyclic) bond motifs is 2. The van der Waals surface area contributed by atoms with Gasteiger partial charge in [-0.25, -0.2) is 9.18 Å². The van der Waals surface area contributed by atoms with Crippen molar-refractivity contribution in [2.24, 2.45) is 5.73 Å². The molecule has 2 aliphatic rings. The van der Waals surface area contributed by atoms with E-state index in [1.807, 2.05) is 12.1 Å². The Morgan fingerprint density at radius 1 is 0.935 bits per heavy atom. The summed E-state index contributed by atoms with van der Waals surface area (Å²) in [5, 5.41) is 9.08. The number of alkyl halides is 3. The summed E-state index contributed by atoms with van der Waals surface area (Å²) >= 11 is 0. The van der Waals surface area contributed by atoms with E-state index in [1.165, 1.54) is 0 Å². The van der Waals surface area contributed by atoms with E-state index in [4.69, 9.17) is 15.7 Å². The van der Waals surface area contributed by atoms with Crippen LogP contribution in [0.25, 0.3) is 0 Å². The maximum atomic E-state index is 15.0. The fourth-order valence-electron chi connectivity index (χ4n) is 6.51. The van der Waals surface area contributed by atoms with E-state index >= 15 is 4.39 Å². The Kier molecular flexibility index (Phi) is 8.41. The highest BCUT2D eigenvalue weighted by atomic mass is 19.4. The van der Waals surface area contributed by atoms with Gasteiger partial charge in [0.2, 0.25) is 0 Å². The van der Waals surface area contributed by atoms with Gasteiger partial charge in [-0.3, -0.25) is 18.8 Å². The number of nitrogens with zero attached hydrogens (tertiary/aromatic N) is 4. The number of rotatable bonds is 7. The lowest BCUT2D eigenvalue weighted by Gasteiger charge is -2.39. The first-order valence-electron chi connectivity index (χ1n) is 14.9. The number of likely N-dealkylation sites (tertiary alicyclic amines) is 1. The molecule has 4 aromatic rings. The highest BCUT2D eigenvalue weighted by molar-refractivity contribution is 5.35. The van der Waals surface area contributed by atoms with Crippen molar-refractivity contribution in [2.45, 2.75) is 56.9 Å². The maximum absolute atomic E-state index is 15.0. The molecule has 0 radical (unpaired) electrons. The number of hydrogen-bond donors (Lipinski definition) is 1. The second kappa shape index (κ2) is 12.3. The number of piperidine rings is 1. The van der Waals surface area contributed by atoms with Crippen molar-refractivity contribution in [3.63, 3.8) is 0 Å². The molecule has 1 unspecified atom stereocenters. The Labute approximate surface area is 261 Å². The third-order valence-corrected chi connectivity index (χ3v) is 8.98. The van der Waals surface area contributed by atoms with Crippen molar-refractivity contribution in [1.82, 2.24) is 14.0 Å². The van der Waals surface area contributed by atoms with Gasteiger partial charge in [0.15, 0.2) is 0 Å². The quantitative estimate of drug-likeness (QED) is 0.293. The van der Waals surface area contributed by atoms with Crippen LogP contribution in [-0.2, 0) is 42.8 Å². The monoisotopic (exact) mass is 633 g/mol. The van der Waals surface area contributed by atoms with Crippen molar-refractivity contribution in [3.8, 4) is 6.07 Å². The molecule has 8 nitrogen and oxygen atoms in total. The Balaban J connectivity index is 1.40. The normalized spacial score (nSPS) is 16.7. The summed E-state index contributed by atoms with van der Waals surface area (Å²) in [7, 11) is 0. The molecule has 12 heteroatoms. The van der Waals surface area contributed by atoms with Crippen LogP contribution in [0.3, 0.4) is 0 Å². The van der Waals surface area contributed by atoms with E-state index in [-0.39, 0.29) is 24.4 Å². The van der Waals surface area contributed by atoms with Crippen LogP contribution in [-0.4, -0.2) is 27.1 Å². The minimum Gasteiger partial charge on any atom is -0.364 e. The first kappa shape index (κ1) is 31.4. The molecular weight excluding hydrogens is 602 g/mol. The van der Waals surface area contributed by atoms with Gasteiger partial charge in [0.25, 0.3) is 5.56 Å². The van der Waals surface area contributed by atoms with Crippen molar-refractivity contribution < 1.29 is 22.3 Å². The lowest BCUT2D eigenvalue weighted by molar-refractivity contribution is -0.138. The van der Waals surface area contributed by atoms with E-state index in [2.05, 4.69) is 11.0 Å². The second-order valence-corrected chi connectivity index (χ2v) is 11.8. The summed E-state index contributed by atoms with van der Waals surface area (Å²) in [5.41, 5.74) is 4.55. The van der Waals surface area contributed by atoms with E-state index in [1.54, 1.807) is 42.5 Å². The SMILES string of the molecule is N#Cc1ccc(CN2CCC3(CC2)OCc2c3c(=O)n(CC(N)c3ccccc3)c(=O)n2Cc2c(F)cccc2C(F)(F)F)cc1. The maximum Gasteiger partial charge on any atom is 0.416 e. The summed E-state index contributed by atoms with van der Waals surface area (Å²) in [4.78, 5) is 30.3. The molecule has 0 saturated carbocycles. The van der Waals surface area contributed by atoms with Crippen LogP contribution in [0, 0.1) is 17.1 Å². The Morgan fingerprint density at radius 3 is 2.28 bits per heavy atom. The third-order valence-electron chi connectivity index (χ3n) is 8.98. The summed E-state index contributed by atoms with van der Waals surface area (Å²) < 4.78 is 65.2. The van der Waals surface area contributed by atoms with E-state index < -0.39 is 52.6 Å². The molecule has 6 rings (SSSR count). The molecule has 1 fully saturated rings. The molecule has 0 bridgehead atoms. The van der Waals surface area contributed by atoms with Gasteiger partial charge >= 0.3 is 11.9 Å². The summed E-state index contributed by atoms with van der Waals surface area (Å²) in [6.07, 6.45) is -4.09. The number of hydrogen-bond acceptors (Lipinski definition) is 6. The van der Waals surface area contributed by atoms with Crippen LogP contribution in [0.1, 0.15) is 58.0 Å². The molecule has 3 heterocycles. The summed E-state index contributed by atoms with van der Waals surface area (Å²) in [6.45, 7) is 0.516. The third kappa shape index (κ3) is 5.89. The minimum atomic E-state index is -4.87. The lowest BCUT2D eigenvalue weighted by Crippen LogP contribution is -2.49. The molecular formula is C34H31F4N5O3. The lowest BCUT2D eigenvalue weighted by atomic mass is 9.85. The predicted octanol–water partition coefficient (Wildman–Crippen LogP) is 4.81. The van der Waals surface area contributed by atoms with Crippen molar-refractivity contribution in [3.05, 3.63) is 139 Å². The molecule has 1 aromatic heterocycles. The van der Waals surface area contributed by atoms with Crippen LogP contribution in [0.2, 0.25) is 0 Å². The predicted molar refractivity (Wildman–Crippen MR) is 161 cm³/mol. The zero-order chi connectivity index (χ0) is 32.6. The van der Waals surface area contributed by atoms with Gasteiger partial charge in [-0.1, -0.05) is 48.5 Å². The molecule has 1 atom stereocenters. The highest BCUT2D eigenvalue weighted by Gasteiger charge is 2.47. The van der Waals surface area contributed by atoms with Gasteiger partial charge in [0, 0.05) is 31.2 Å². The minimum absolute atomic E-state index is 0.149. The standard InChI is InChI=1S/C34H31F4N5O3/c35-27-8-4-7-26(34(36,37)38)25(27)19-42-29-21-46-33(13-15-41(16-14-33)18-23-11-9-22(17-39)10-12-23)30(29)31(44)43(32(42)45)20-28(40)24-5-2-1-3-6-24/h1-12,28H,13-16,18-21,40H2. The number of nitrogens with two attached hydrogens (primary N) is 1. The molecule has 2 aliphatic heterocycles. The first-order valence-corrected chi connectivity index (χ1v) is 14.9. The zero-order valence-corrected chi connectivity index (χ0v) is 24.8. The van der Waals surface area contributed by atoms with Crippen LogP contribution < -0.4 is 17.0 Å². The number of nitriles is 1. The Hall–Kier alpha value is -4.57. The van der Waals surface area contributed by atoms with Gasteiger partial charge in [0.1, 0.15) is 11.4 Å². The van der Waals surface area contributed by atoms with Gasteiger partial charge in [0.05, 0.1) is 48.1 Å². The average molecular weight is 634 g/mol. The van der Waals surface area contributed by atoms with Crippen LogP contribution in [0.4, 0.5) is 17.6 Å². The first-order chi connectivity index (χ1) is 22.0. The highest BCUT2D eigenvalue weighted by Crippen LogP contribution is 2.43. The fraction of sp³-hybridized carbons (Fsp3) is 0.324. The molecule has 1 spiro atoms. The molecule has 3 aromatic carbocycles. The van der Waals surface area contributed by atoms with Gasteiger partial charge < -0.3 is 10.5 Å². The van der Waals surface area contributed by atoms with Gasteiger partial charge in [-0.05, 0) is 48.2 Å². The molecule has 2 N–H and O–H groups in total. The van der Waals surface area contributed by atoms with E-state index in [9.17, 15) is 22.8 Å². The number of aromatic nitrogens is 2. The summed E-state index contributed by atoms with van der Waals surface area (Å²) in [5.74, 6) is -1.11. The smallest absolute Gasteiger partial charge is 0.364 e. The Bertz CT molecular complexity index is 1910. The van der Waals surface area contributed by atoms with E-state index in [0.29, 0.717) is 43.6 Å². The largest absolute Gasteiger partial charge is 0.416 e. The molecule has 0 amide bonds. The van der Waals surface area contributed by atoms with E-state index in [0.717, 1.165) is 32.9 Å². The molecule has 1 saturated heterocycles. The van der Waals surface area contributed by atoms with Crippen molar-refractivity contribution in [2.75, 3.05) is 13.1 Å². The van der Waals surface area contributed by atoms with Gasteiger partial charge in [-0.2, -0.15) is 18.4 Å². The van der Waals surface area contributed by atoms with Crippen molar-refractivity contribution in [1.29, 1.82) is 5.26 Å². The molecule has 0 aliphatic carbocycles. The number of halogens is 4. The average Bonchev–Trinajstić information content (AvgIpc) is 3.41. The van der Waals surface area contributed by atoms with Crippen LogP contribution in [0.5, 0.6) is 0 Å². The second-order valence-electron chi connectivity index (χ2n) is 11.8. The van der Waals surface area contributed by atoms with Crippen LogP contribution in [0.15, 0.2) is 82.4 Å². The van der Waals surface area contributed by atoms with Gasteiger partial charge in [-0.15, -0.1) is 0 Å². The summed E-state index contributed by atoms with van der Waals surface area (Å²) in [6, 6.07) is 20.1. The fourth-order valence-corrected chi connectivity index (χ4v) is 6.51. The number of ether oxygens (including phenoxy) is 1. The number of benzene rings is 3. The molecule has 238 valence electrons. The molecule has 46 heavy (non-hydrogen) atoms. The van der Waals surface area contributed by atoms with Crippen LogP contribution >= 0.6 is 0 Å². The topological polar surface area (TPSA) is 106 Å². The van der Waals surface area contributed by atoms with Crippen molar-refractivity contribution >= 4 is 0 Å². The zero-order valence-electron chi connectivity index (χ0n) is 24.8. The Morgan fingerprint density at radius 2 is 1.63 bits per heavy atom.